The summed E-state index contributed by atoms with van der Waals surface area (Å²) in [7, 11) is 1.81. The van der Waals surface area contributed by atoms with Crippen LogP contribution in [-0.2, 0) is 0 Å². The molecular weight excluding hydrogens is 170 g/mol. The minimum Gasteiger partial charge on any atom is -0.300 e. The van der Waals surface area contributed by atoms with E-state index in [1.807, 2.05) is 26.3 Å². The van der Waals surface area contributed by atoms with E-state index in [-0.39, 0.29) is 0 Å². The Bertz CT molecular complexity index is 267. The lowest BCUT2D eigenvalue weighted by atomic mass is 10.0. The Labute approximate surface area is 87.9 Å². The summed E-state index contributed by atoms with van der Waals surface area (Å²) in [6.45, 7) is 8.42. The van der Waals surface area contributed by atoms with Gasteiger partial charge in [0.2, 0.25) is 0 Å². The summed E-state index contributed by atoms with van der Waals surface area (Å²) in [6.07, 6.45) is 10.4. The van der Waals surface area contributed by atoms with Crippen LogP contribution in [0.25, 0.3) is 0 Å². The molecule has 0 saturated carbocycles. The molecule has 0 aromatic carbocycles. The minimum atomic E-state index is 0.425. The Kier molecular flexibility index (Phi) is 6.73. The molecule has 0 heterocycles. The van der Waals surface area contributed by atoms with Gasteiger partial charge in [-0.25, -0.2) is 0 Å². The Morgan fingerprint density at radius 1 is 1.29 bits per heavy atom. The first-order valence-electron chi connectivity index (χ1n) is 5.01. The summed E-state index contributed by atoms with van der Waals surface area (Å²) in [4.78, 5) is 4.03. The van der Waals surface area contributed by atoms with Gasteiger partial charge < -0.3 is 4.99 Å². The molecule has 0 aliphatic rings. The van der Waals surface area contributed by atoms with Crippen LogP contribution in [0, 0.1) is 5.92 Å². The monoisotopic (exact) mass is 191 g/mol. The second kappa shape index (κ2) is 7.31. The summed E-state index contributed by atoms with van der Waals surface area (Å²) in [5.41, 5.74) is 2.62. The Balaban J connectivity index is 4.50. The third-order valence-corrected chi connectivity index (χ3v) is 2.10. The molecule has 1 atom stereocenters. The van der Waals surface area contributed by atoms with E-state index < -0.39 is 0 Å². The summed E-state index contributed by atoms with van der Waals surface area (Å²) < 4.78 is 0. The van der Waals surface area contributed by atoms with Gasteiger partial charge >= 0.3 is 0 Å². The second-order valence-electron chi connectivity index (χ2n) is 3.52. The standard InChI is InChI=1S/C13H21N/c1-6-7-8-11(2)9-12(3)13(4)10-14-5/h6-10,13H,1-5H3/b7-6?,11-8+,12-9?,14-10?. The topological polar surface area (TPSA) is 12.4 Å². The van der Waals surface area contributed by atoms with Gasteiger partial charge in [-0.15, -0.1) is 0 Å². The van der Waals surface area contributed by atoms with Crippen molar-refractivity contribution in [1.82, 2.24) is 0 Å². The van der Waals surface area contributed by atoms with Gasteiger partial charge in [-0.3, -0.25) is 0 Å². The molecule has 1 nitrogen and oxygen atoms in total. The Morgan fingerprint density at radius 3 is 2.43 bits per heavy atom. The Hall–Kier alpha value is -1.11. The molecule has 1 heteroatoms. The van der Waals surface area contributed by atoms with Crippen LogP contribution < -0.4 is 0 Å². The summed E-state index contributed by atoms with van der Waals surface area (Å²) in [5, 5.41) is 0. The van der Waals surface area contributed by atoms with Crippen LogP contribution in [0.15, 0.2) is 40.4 Å². The number of nitrogens with zero attached hydrogens (tertiary/aromatic N) is 1. The lowest BCUT2D eigenvalue weighted by molar-refractivity contribution is 0.929. The zero-order valence-electron chi connectivity index (χ0n) is 9.91. The molecule has 14 heavy (non-hydrogen) atoms. The van der Waals surface area contributed by atoms with Gasteiger partial charge in [0.15, 0.2) is 0 Å². The molecule has 0 aliphatic carbocycles. The normalized spacial score (nSPS) is 16.9. The fourth-order valence-electron chi connectivity index (χ4n) is 1.13. The molecular formula is C13H21N. The van der Waals surface area contributed by atoms with Crippen molar-refractivity contribution >= 4 is 6.21 Å². The van der Waals surface area contributed by atoms with E-state index in [1.54, 1.807) is 0 Å². The van der Waals surface area contributed by atoms with Crippen LogP contribution in [0.1, 0.15) is 27.7 Å². The third-order valence-electron chi connectivity index (χ3n) is 2.10. The number of allylic oxidation sites excluding steroid dienone is 6. The highest BCUT2D eigenvalue weighted by Crippen LogP contribution is 2.10. The van der Waals surface area contributed by atoms with Gasteiger partial charge in [-0.2, -0.15) is 0 Å². The minimum absolute atomic E-state index is 0.425. The lowest BCUT2D eigenvalue weighted by Gasteiger charge is -2.05. The zero-order valence-corrected chi connectivity index (χ0v) is 9.91. The molecule has 0 rings (SSSR count). The maximum Gasteiger partial charge on any atom is 0.0273 e. The molecule has 0 bridgehead atoms. The van der Waals surface area contributed by atoms with Crippen molar-refractivity contribution in [1.29, 1.82) is 0 Å². The van der Waals surface area contributed by atoms with E-state index in [2.05, 4.69) is 44.0 Å². The van der Waals surface area contributed by atoms with E-state index in [4.69, 9.17) is 0 Å². The molecule has 1 unspecified atom stereocenters. The van der Waals surface area contributed by atoms with Gasteiger partial charge in [0.05, 0.1) is 0 Å². The highest BCUT2D eigenvalue weighted by molar-refractivity contribution is 5.64. The number of hydrogen-bond donors (Lipinski definition) is 0. The van der Waals surface area contributed by atoms with Gasteiger partial charge in [-0.1, -0.05) is 42.4 Å². The molecule has 0 N–H and O–H groups in total. The molecule has 0 aromatic heterocycles. The van der Waals surface area contributed by atoms with Gasteiger partial charge in [-0.05, 0) is 20.8 Å². The van der Waals surface area contributed by atoms with Crippen molar-refractivity contribution in [3.8, 4) is 0 Å². The number of aliphatic imine (C=N–C) groups is 1. The highest BCUT2D eigenvalue weighted by Gasteiger charge is 1.98. The predicted molar refractivity (Wildman–Crippen MR) is 65.9 cm³/mol. The van der Waals surface area contributed by atoms with Crippen molar-refractivity contribution in [2.24, 2.45) is 10.9 Å². The van der Waals surface area contributed by atoms with E-state index in [9.17, 15) is 0 Å². The molecule has 0 amide bonds. The first-order valence-corrected chi connectivity index (χ1v) is 5.01. The molecule has 0 radical (unpaired) electrons. The van der Waals surface area contributed by atoms with E-state index in [0.717, 1.165) is 0 Å². The summed E-state index contributed by atoms with van der Waals surface area (Å²) in [6, 6.07) is 0. The smallest absolute Gasteiger partial charge is 0.0273 e. The fourth-order valence-corrected chi connectivity index (χ4v) is 1.13. The molecule has 0 saturated heterocycles. The average Bonchev–Trinajstić information content (AvgIpc) is 2.15. The molecule has 0 fully saturated rings. The maximum absolute atomic E-state index is 4.03. The lowest BCUT2D eigenvalue weighted by Crippen LogP contribution is -1.97. The van der Waals surface area contributed by atoms with Crippen LogP contribution >= 0.6 is 0 Å². The van der Waals surface area contributed by atoms with E-state index in [0.29, 0.717) is 5.92 Å². The van der Waals surface area contributed by atoms with Crippen LogP contribution in [0.4, 0.5) is 0 Å². The van der Waals surface area contributed by atoms with Crippen molar-refractivity contribution in [2.75, 3.05) is 7.05 Å². The molecule has 78 valence electrons. The van der Waals surface area contributed by atoms with Gasteiger partial charge in [0, 0.05) is 19.2 Å². The van der Waals surface area contributed by atoms with Crippen LogP contribution in [-0.4, -0.2) is 13.3 Å². The van der Waals surface area contributed by atoms with Crippen LogP contribution in [0.5, 0.6) is 0 Å². The maximum atomic E-state index is 4.03. The number of hydrogen-bond acceptors (Lipinski definition) is 1. The first kappa shape index (κ1) is 12.9. The largest absolute Gasteiger partial charge is 0.300 e. The van der Waals surface area contributed by atoms with Crippen molar-refractivity contribution in [3.05, 3.63) is 35.5 Å². The predicted octanol–water partition coefficient (Wildman–Crippen LogP) is 3.79. The molecule has 0 aromatic rings. The Morgan fingerprint density at radius 2 is 1.93 bits per heavy atom. The zero-order chi connectivity index (χ0) is 11.0. The second-order valence-corrected chi connectivity index (χ2v) is 3.52. The van der Waals surface area contributed by atoms with Crippen LogP contribution in [0.2, 0.25) is 0 Å². The number of rotatable bonds is 4. The van der Waals surface area contributed by atoms with Crippen molar-refractivity contribution in [2.45, 2.75) is 27.7 Å². The first-order chi connectivity index (χ1) is 6.61. The average molecular weight is 191 g/mol. The molecule has 0 spiro atoms. The van der Waals surface area contributed by atoms with Crippen molar-refractivity contribution < 1.29 is 0 Å². The SMILES string of the molecule is CC=C/C=C(\C)C=C(C)C(C)C=NC. The van der Waals surface area contributed by atoms with E-state index in [1.165, 1.54) is 11.1 Å². The summed E-state index contributed by atoms with van der Waals surface area (Å²) >= 11 is 0. The highest BCUT2D eigenvalue weighted by atomic mass is 14.6. The quantitative estimate of drug-likeness (QED) is 0.473. The fraction of sp³-hybridized carbons (Fsp3) is 0.462. The summed E-state index contributed by atoms with van der Waals surface area (Å²) in [5.74, 6) is 0.425. The van der Waals surface area contributed by atoms with Gasteiger partial charge in [0.25, 0.3) is 0 Å². The van der Waals surface area contributed by atoms with Gasteiger partial charge in [0.1, 0.15) is 0 Å². The molecule has 0 aliphatic heterocycles. The van der Waals surface area contributed by atoms with Crippen molar-refractivity contribution in [3.63, 3.8) is 0 Å². The third kappa shape index (κ3) is 5.52. The van der Waals surface area contributed by atoms with Crippen LogP contribution in [0.3, 0.4) is 0 Å². The van der Waals surface area contributed by atoms with E-state index >= 15 is 0 Å².